The van der Waals surface area contributed by atoms with E-state index in [9.17, 15) is 4.79 Å². The quantitative estimate of drug-likeness (QED) is 0.569. The highest BCUT2D eigenvalue weighted by molar-refractivity contribution is 9.10. The van der Waals surface area contributed by atoms with Crippen molar-refractivity contribution in [2.24, 2.45) is 5.92 Å². The highest BCUT2D eigenvalue weighted by Crippen LogP contribution is 2.46. The van der Waals surface area contributed by atoms with Crippen LogP contribution in [0.4, 0.5) is 0 Å². The Kier molecular flexibility index (Phi) is 2.70. The van der Waals surface area contributed by atoms with E-state index in [4.69, 9.17) is 0 Å². The van der Waals surface area contributed by atoms with Crippen molar-refractivity contribution in [2.75, 3.05) is 0 Å². The molecule has 0 N–H and O–H groups in total. The molecule has 1 aromatic carbocycles. The highest BCUT2D eigenvalue weighted by Gasteiger charge is 2.36. The lowest BCUT2D eigenvalue weighted by Gasteiger charge is -2.36. The number of rotatable bonds is 1. The first kappa shape index (κ1) is 11.2. The van der Waals surface area contributed by atoms with E-state index in [1.54, 1.807) is 0 Å². The van der Waals surface area contributed by atoms with Gasteiger partial charge < -0.3 is 4.79 Å². The first-order valence-corrected chi connectivity index (χ1v) is 6.95. The highest BCUT2D eigenvalue weighted by atomic mass is 79.9. The molecule has 0 fully saturated rings. The minimum absolute atomic E-state index is 0.312. The van der Waals surface area contributed by atoms with Crippen molar-refractivity contribution in [2.45, 2.75) is 30.0 Å². The Morgan fingerprint density at radius 1 is 1.35 bits per heavy atom. The standard InChI is InChI=1S/C15H15BrO/c16-15(10-17)8-7-14-12(9-15)6-5-11-3-1-2-4-13(11)14/h1-4,7,10,12H,5-6,8-9H2/t12-,15+/m1/s1. The molecule has 0 radical (unpaired) electrons. The lowest BCUT2D eigenvalue weighted by molar-refractivity contribution is -0.110. The zero-order valence-corrected chi connectivity index (χ0v) is 11.2. The molecule has 0 saturated heterocycles. The maximum Gasteiger partial charge on any atom is 0.137 e. The molecule has 2 heteroatoms. The number of alkyl halides is 1. The van der Waals surface area contributed by atoms with Crippen molar-refractivity contribution < 1.29 is 4.79 Å². The van der Waals surface area contributed by atoms with E-state index in [2.05, 4.69) is 46.3 Å². The minimum atomic E-state index is -0.312. The van der Waals surface area contributed by atoms with Crippen molar-refractivity contribution in [1.82, 2.24) is 0 Å². The minimum Gasteiger partial charge on any atom is -0.302 e. The zero-order valence-electron chi connectivity index (χ0n) is 9.66. The van der Waals surface area contributed by atoms with Crippen LogP contribution in [-0.2, 0) is 11.2 Å². The molecule has 0 amide bonds. The summed E-state index contributed by atoms with van der Waals surface area (Å²) in [6.07, 6.45) is 7.40. The molecule has 17 heavy (non-hydrogen) atoms. The van der Waals surface area contributed by atoms with Crippen LogP contribution in [0.3, 0.4) is 0 Å². The third kappa shape index (κ3) is 1.89. The number of hydrogen-bond acceptors (Lipinski definition) is 1. The molecule has 0 saturated carbocycles. The van der Waals surface area contributed by atoms with E-state index < -0.39 is 0 Å². The van der Waals surface area contributed by atoms with Gasteiger partial charge in [-0.2, -0.15) is 0 Å². The first-order valence-electron chi connectivity index (χ1n) is 6.15. The lowest BCUT2D eigenvalue weighted by atomic mass is 9.71. The van der Waals surface area contributed by atoms with Crippen molar-refractivity contribution in [3.63, 3.8) is 0 Å². The number of carbonyl (C=O) groups excluding carboxylic acids is 1. The molecule has 0 aliphatic heterocycles. The largest absolute Gasteiger partial charge is 0.302 e. The van der Waals surface area contributed by atoms with Gasteiger partial charge in [-0.15, -0.1) is 0 Å². The number of aldehydes is 1. The van der Waals surface area contributed by atoms with Crippen LogP contribution in [0.2, 0.25) is 0 Å². The van der Waals surface area contributed by atoms with E-state index in [0.717, 1.165) is 25.5 Å². The monoisotopic (exact) mass is 290 g/mol. The fourth-order valence-corrected chi connectivity index (χ4v) is 3.64. The molecule has 0 bridgehead atoms. The Balaban J connectivity index is 2.02. The van der Waals surface area contributed by atoms with Gasteiger partial charge in [0.15, 0.2) is 0 Å². The van der Waals surface area contributed by atoms with Gasteiger partial charge in [-0.05, 0) is 48.3 Å². The van der Waals surface area contributed by atoms with E-state index in [0.29, 0.717) is 5.92 Å². The summed E-state index contributed by atoms with van der Waals surface area (Å²) < 4.78 is -0.312. The van der Waals surface area contributed by atoms with Gasteiger partial charge in [0.2, 0.25) is 0 Å². The number of halogens is 1. The van der Waals surface area contributed by atoms with Crippen LogP contribution in [0.15, 0.2) is 30.3 Å². The second-order valence-corrected chi connectivity index (χ2v) is 6.69. The van der Waals surface area contributed by atoms with Crippen molar-refractivity contribution in [3.8, 4) is 0 Å². The van der Waals surface area contributed by atoms with Crippen LogP contribution in [0.5, 0.6) is 0 Å². The van der Waals surface area contributed by atoms with E-state index in [1.165, 1.54) is 23.1 Å². The summed E-state index contributed by atoms with van der Waals surface area (Å²) in [6.45, 7) is 0. The number of allylic oxidation sites excluding steroid dienone is 2. The predicted octanol–water partition coefficient (Wildman–Crippen LogP) is 3.76. The molecule has 1 aromatic rings. The van der Waals surface area contributed by atoms with E-state index in [-0.39, 0.29) is 4.32 Å². The molecule has 0 unspecified atom stereocenters. The molecule has 0 spiro atoms. The smallest absolute Gasteiger partial charge is 0.137 e. The van der Waals surface area contributed by atoms with E-state index in [1.807, 2.05) is 0 Å². The predicted molar refractivity (Wildman–Crippen MR) is 73.2 cm³/mol. The molecule has 3 rings (SSSR count). The summed E-state index contributed by atoms with van der Waals surface area (Å²) in [6, 6.07) is 8.66. The van der Waals surface area contributed by atoms with Gasteiger partial charge in [0.05, 0.1) is 4.32 Å². The fraction of sp³-hybridized carbons (Fsp3) is 0.400. The summed E-state index contributed by atoms with van der Waals surface area (Å²) in [5, 5.41) is 0. The molecule has 0 aromatic heterocycles. The molecule has 2 atom stereocenters. The Morgan fingerprint density at radius 3 is 3.00 bits per heavy atom. The number of hydrogen-bond donors (Lipinski definition) is 0. The Bertz CT molecular complexity index is 491. The Labute approximate surface area is 110 Å². The van der Waals surface area contributed by atoms with Crippen molar-refractivity contribution in [1.29, 1.82) is 0 Å². The van der Waals surface area contributed by atoms with Gasteiger partial charge in [0.25, 0.3) is 0 Å². The summed E-state index contributed by atoms with van der Waals surface area (Å²) in [7, 11) is 0. The first-order chi connectivity index (χ1) is 8.22. The zero-order chi connectivity index (χ0) is 11.9. The maximum absolute atomic E-state index is 11.1. The summed E-state index contributed by atoms with van der Waals surface area (Å²) in [4.78, 5) is 11.1. The van der Waals surface area contributed by atoms with Gasteiger partial charge in [0.1, 0.15) is 6.29 Å². The van der Waals surface area contributed by atoms with Gasteiger partial charge in [-0.25, -0.2) is 0 Å². The fourth-order valence-electron chi connectivity index (χ4n) is 3.08. The molecule has 2 aliphatic carbocycles. The second-order valence-electron chi connectivity index (χ2n) is 5.11. The van der Waals surface area contributed by atoms with Crippen LogP contribution < -0.4 is 0 Å². The third-order valence-electron chi connectivity index (χ3n) is 3.99. The number of aryl methyl sites for hydroxylation is 1. The topological polar surface area (TPSA) is 17.1 Å². The van der Waals surface area contributed by atoms with Crippen LogP contribution in [0.1, 0.15) is 30.4 Å². The molecule has 1 nitrogen and oxygen atoms in total. The lowest BCUT2D eigenvalue weighted by Crippen LogP contribution is -2.31. The molecule has 88 valence electrons. The van der Waals surface area contributed by atoms with Gasteiger partial charge in [-0.1, -0.05) is 46.3 Å². The van der Waals surface area contributed by atoms with Crippen LogP contribution in [0.25, 0.3) is 5.57 Å². The van der Waals surface area contributed by atoms with Gasteiger partial charge >= 0.3 is 0 Å². The van der Waals surface area contributed by atoms with Crippen LogP contribution >= 0.6 is 15.9 Å². The van der Waals surface area contributed by atoms with Crippen LogP contribution in [0, 0.1) is 5.92 Å². The number of carbonyl (C=O) groups is 1. The number of benzene rings is 1. The van der Waals surface area contributed by atoms with Crippen molar-refractivity contribution >= 4 is 27.8 Å². The van der Waals surface area contributed by atoms with Gasteiger partial charge in [-0.3, -0.25) is 0 Å². The van der Waals surface area contributed by atoms with Crippen LogP contribution in [-0.4, -0.2) is 10.6 Å². The maximum atomic E-state index is 11.1. The molecular formula is C15H15BrO. The normalized spacial score (nSPS) is 31.1. The SMILES string of the molecule is O=C[C@]1(Br)CC=C2c3ccccc3CC[C@@H]2C1. The van der Waals surface area contributed by atoms with Crippen molar-refractivity contribution in [3.05, 3.63) is 41.5 Å². The third-order valence-corrected chi connectivity index (χ3v) is 4.82. The Morgan fingerprint density at radius 2 is 2.18 bits per heavy atom. The van der Waals surface area contributed by atoms with Gasteiger partial charge in [0, 0.05) is 0 Å². The molecule has 0 heterocycles. The summed E-state index contributed by atoms with van der Waals surface area (Å²) in [5.41, 5.74) is 4.33. The second kappa shape index (κ2) is 4.09. The van der Waals surface area contributed by atoms with E-state index >= 15 is 0 Å². The number of fused-ring (bicyclic) bond motifs is 3. The molecule has 2 aliphatic rings. The summed E-state index contributed by atoms with van der Waals surface area (Å²) >= 11 is 3.58. The Hall–Kier alpha value is -0.890. The average molecular weight is 291 g/mol. The average Bonchev–Trinajstić information content (AvgIpc) is 2.38. The molecular weight excluding hydrogens is 276 g/mol. The summed E-state index contributed by atoms with van der Waals surface area (Å²) in [5.74, 6) is 0.545.